The number of aliphatic hydroxyl groups excluding tert-OH is 1. The molecule has 0 bridgehead atoms. The molecule has 1 rings (SSSR count). The maximum atomic E-state index is 11.2. The first kappa shape index (κ1) is 12.0. The van der Waals surface area contributed by atoms with Crippen LogP contribution in [0.4, 0.5) is 0 Å². The van der Waals surface area contributed by atoms with Crippen LogP contribution < -0.4 is 4.74 Å². The highest BCUT2D eigenvalue weighted by Crippen LogP contribution is 2.09. The van der Waals surface area contributed by atoms with Gasteiger partial charge in [-0.1, -0.05) is 0 Å². The van der Waals surface area contributed by atoms with Crippen LogP contribution in [-0.4, -0.2) is 35.3 Å². The van der Waals surface area contributed by atoms with Gasteiger partial charge in [-0.15, -0.1) is 0 Å². The molecule has 0 unspecified atom stereocenters. The Morgan fingerprint density at radius 1 is 1.44 bits per heavy atom. The van der Waals surface area contributed by atoms with Gasteiger partial charge >= 0.3 is 12.0 Å². The van der Waals surface area contributed by atoms with Gasteiger partial charge in [0.15, 0.2) is 0 Å². The van der Waals surface area contributed by atoms with E-state index in [1.165, 1.54) is 26.6 Å². The second-order valence-corrected chi connectivity index (χ2v) is 2.90. The van der Waals surface area contributed by atoms with Gasteiger partial charge in [-0.2, -0.15) is 0 Å². The number of aromatic nitrogens is 2. The summed E-state index contributed by atoms with van der Waals surface area (Å²) in [6, 6.07) is 0.247. The number of rotatable bonds is 4. The number of methoxy groups -OCH3 is 2. The Morgan fingerprint density at radius 3 is 2.50 bits per heavy atom. The Labute approximate surface area is 92.6 Å². The van der Waals surface area contributed by atoms with Crippen molar-refractivity contribution in [3.05, 3.63) is 29.8 Å². The molecule has 0 fully saturated rings. The van der Waals surface area contributed by atoms with E-state index in [0.29, 0.717) is 5.56 Å². The van der Waals surface area contributed by atoms with Gasteiger partial charge in [-0.3, -0.25) is 0 Å². The second kappa shape index (κ2) is 5.69. The number of ether oxygens (including phenoxy) is 2. The molecule has 1 heterocycles. The van der Waals surface area contributed by atoms with Crippen molar-refractivity contribution in [2.75, 3.05) is 14.2 Å². The van der Waals surface area contributed by atoms with Gasteiger partial charge in [0.05, 0.1) is 26.1 Å². The molecule has 1 aromatic rings. The zero-order chi connectivity index (χ0) is 12.0. The predicted molar refractivity (Wildman–Crippen MR) is 55.0 cm³/mol. The molecule has 1 aromatic heterocycles. The van der Waals surface area contributed by atoms with Crippen LogP contribution in [0.5, 0.6) is 6.01 Å². The molecule has 0 aliphatic heterocycles. The standard InChI is InChI=1S/C10H12N2O4/c1-15-9(14)8(6-13)3-7-4-11-10(16-2)12-5-7/h4-6,13H,3H2,1-2H3. The van der Waals surface area contributed by atoms with Gasteiger partial charge in [-0.05, 0) is 5.56 Å². The number of hydrogen-bond acceptors (Lipinski definition) is 6. The van der Waals surface area contributed by atoms with Crippen molar-refractivity contribution in [3.8, 4) is 6.01 Å². The fraction of sp³-hybridized carbons (Fsp3) is 0.300. The monoisotopic (exact) mass is 224 g/mol. The van der Waals surface area contributed by atoms with Crippen molar-refractivity contribution < 1.29 is 19.4 Å². The van der Waals surface area contributed by atoms with Crippen molar-refractivity contribution >= 4 is 5.97 Å². The van der Waals surface area contributed by atoms with Crippen molar-refractivity contribution in [1.82, 2.24) is 9.97 Å². The molecule has 0 saturated carbocycles. The number of aliphatic hydroxyl groups is 1. The minimum atomic E-state index is -0.585. The van der Waals surface area contributed by atoms with Crippen molar-refractivity contribution in [2.24, 2.45) is 0 Å². The molecular formula is C10H12N2O4. The quantitative estimate of drug-likeness (QED) is 0.459. The Bertz CT molecular complexity index is 386. The molecule has 1 N–H and O–H groups in total. The van der Waals surface area contributed by atoms with Gasteiger partial charge in [0.2, 0.25) is 0 Å². The van der Waals surface area contributed by atoms with Gasteiger partial charge in [-0.25, -0.2) is 14.8 Å². The molecule has 0 amide bonds. The summed E-state index contributed by atoms with van der Waals surface area (Å²) in [4.78, 5) is 18.9. The second-order valence-electron chi connectivity index (χ2n) is 2.90. The number of carbonyl (C=O) groups excluding carboxylic acids is 1. The number of nitrogens with zero attached hydrogens (tertiary/aromatic N) is 2. The summed E-state index contributed by atoms with van der Waals surface area (Å²) in [5.41, 5.74) is 0.808. The topological polar surface area (TPSA) is 81.5 Å². The molecule has 86 valence electrons. The summed E-state index contributed by atoms with van der Waals surface area (Å²) in [5.74, 6) is -0.585. The lowest BCUT2D eigenvalue weighted by molar-refractivity contribution is -0.136. The number of hydrogen-bond donors (Lipinski definition) is 1. The highest BCUT2D eigenvalue weighted by Gasteiger charge is 2.11. The highest BCUT2D eigenvalue weighted by atomic mass is 16.5. The van der Waals surface area contributed by atoms with Crippen LogP contribution in [0.15, 0.2) is 24.2 Å². The lowest BCUT2D eigenvalue weighted by Gasteiger charge is -2.03. The molecule has 0 saturated heterocycles. The summed E-state index contributed by atoms with van der Waals surface area (Å²) < 4.78 is 9.28. The van der Waals surface area contributed by atoms with Crippen LogP contribution in [0.25, 0.3) is 0 Å². The summed E-state index contributed by atoms with van der Waals surface area (Å²) >= 11 is 0. The molecule has 0 spiro atoms. The van der Waals surface area contributed by atoms with E-state index in [9.17, 15) is 4.79 Å². The zero-order valence-corrected chi connectivity index (χ0v) is 9.01. The van der Waals surface area contributed by atoms with Gasteiger partial charge in [0, 0.05) is 18.8 Å². The molecule has 0 atom stereocenters. The molecule has 0 radical (unpaired) electrons. The number of carbonyl (C=O) groups is 1. The van der Waals surface area contributed by atoms with Crippen molar-refractivity contribution in [2.45, 2.75) is 6.42 Å². The van der Waals surface area contributed by atoms with Crippen LogP contribution in [-0.2, 0) is 16.0 Å². The van der Waals surface area contributed by atoms with E-state index in [0.717, 1.165) is 6.26 Å². The third-order valence-corrected chi connectivity index (χ3v) is 1.86. The average molecular weight is 224 g/mol. The smallest absolute Gasteiger partial charge is 0.337 e. The van der Waals surface area contributed by atoms with Crippen LogP contribution in [0.1, 0.15) is 5.56 Å². The summed E-state index contributed by atoms with van der Waals surface area (Å²) in [6.07, 6.45) is 3.94. The molecular weight excluding hydrogens is 212 g/mol. The van der Waals surface area contributed by atoms with Crippen molar-refractivity contribution in [1.29, 1.82) is 0 Å². The Kier molecular flexibility index (Phi) is 4.26. The third kappa shape index (κ3) is 2.94. The normalized spacial score (nSPS) is 11.0. The highest BCUT2D eigenvalue weighted by molar-refractivity contribution is 5.88. The summed E-state index contributed by atoms with van der Waals surface area (Å²) in [5, 5.41) is 8.86. The lowest BCUT2D eigenvalue weighted by Crippen LogP contribution is -2.08. The van der Waals surface area contributed by atoms with Crippen LogP contribution >= 0.6 is 0 Å². The van der Waals surface area contributed by atoms with E-state index in [1.54, 1.807) is 0 Å². The minimum Gasteiger partial charge on any atom is -0.515 e. The van der Waals surface area contributed by atoms with E-state index in [2.05, 4.69) is 14.7 Å². The van der Waals surface area contributed by atoms with E-state index >= 15 is 0 Å². The molecule has 0 aliphatic rings. The van der Waals surface area contributed by atoms with E-state index in [1.807, 2.05) is 0 Å². The first-order valence-electron chi connectivity index (χ1n) is 4.47. The van der Waals surface area contributed by atoms with Crippen LogP contribution in [0, 0.1) is 0 Å². The Hall–Kier alpha value is -2.11. The Balaban J connectivity index is 2.75. The molecule has 0 aliphatic carbocycles. The predicted octanol–water partition coefficient (Wildman–Crippen LogP) is 0.643. The maximum Gasteiger partial charge on any atom is 0.337 e. The lowest BCUT2D eigenvalue weighted by atomic mass is 10.1. The van der Waals surface area contributed by atoms with E-state index in [-0.39, 0.29) is 18.0 Å². The molecule has 6 heteroatoms. The van der Waals surface area contributed by atoms with Crippen LogP contribution in [0.2, 0.25) is 0 Å². The largest absolute Gasteiger partial charge is 0.515 e. The fourth-order valence-corrected chi connectivity index (χ4v) is 1.06. The Morgan fingerprint density at radius 2 is 2.06 bits per heavy atom. The van der Waals surface area contributed by atoms with E-state index in [4.69, 9.17) is 9.84 Å². The first-order chi connectivity index (χ1) is 7.71. The van der Waals surface area contributed by atoms with Gasteiger partial charge < -0.3 is 14.6 Å². The molecule has 6 nitrogen and oxygen atoms in total. The average Bonchev–Trinajstić information content (AvgIpc) is 2.35. The van der Waals surface area contributed by atoms with Crippen LogP contribution in [0.3, 0.4) is 0 Å². The SMILES string of the molecule is COC(=O)C(=CO)Cc1cnc(OC)nc1. The van der Waals surface area contributed by atoms with Gasteiger partial charge in [0.1, 0.15) is 0 Å². The van der Waals surface area contributed by atoms with Gasteiger partial charge in [0.25, 0.3) is 0 Å². The van der Waals surface area contributed by atoms with Crippen molar-refractivity contribution in [3.63, 3.8) is 0 Å². The molecule has 16 heavy (non-hydrogen) atoms. The summed E-state index contributed by atoms with van der Waals surface area (Å²) in [7, 11) is 2.71. The number of esters is 1. The summed E-state index contributed by atoms with van der Waals surface area (Å²) in [6.45, 7) is 0. The fourth-order valence-electron chi connectivity index (χ4n) is 1.06. The van der Waals surface area contributed by atoms with E-state index < -0.39 is 5.97 Å². The maximum absolute atomic E-state index is 11.2. The first-order valence-corrected chi connectivity index (χ1v) is 4.47. The third-order valence-electron chi connectivity index (χ3n) is 1.86. The zero-order valence-electron chi connectivity index (χ0n) is 9.01. The minimum absolute atomic E-state index is 0.135. The molecule has 0 aromatic carbocycles.